The number of hydrogen-bond donors (Lipinski definition) is 0. The lowest BCUT2D eigenvalue weighted by molar-refractivity contribution is 0.102. The third kappa shape index (κ3) is 2.42. The molecule has 88 valence electrons. The van der Waals surface area contributed by atoms with Gasteiger partial charge in [0.2, 0.25) is 5.78 Å². The normalized spacial score (nSPS) is 10.5. The molecule has 0 fully saturated rings. The predicted octanol–water partition coefficient (Wildman–Crippen LogP) is 3.55. The minimum absolute atomic E-state index is 0.0621. The lowest BCUT2D eigenvalue weighted by Gasteiger charge is -2.06. The molecule has 0 saturated heterocycles. The van der Waals surface area contributed by atoms with E-state index in [9.17, 15) is 4.79 Å². The molecule has 2 rings (SSSR count). The van der Waals surface area contributed by atoms with Crippen molar-refractivity contribution in [2.24, 2.45) is 0 Å². The van der Waals surface area contributed by atoms with Crippen LogP contribution < -0.4 is 0 Å². The van der Waals surface area contributed by atoms with Crippen LogP contribution in [0.2, 0.25) is 5.02 Å². The number of carbonyl (C=O) groups excluding carboxylic acids is 1. The molecular formula is C12H10BrClN2O. The molecule has 0 aliphatic heterocycles. The van der Waals surface area contributed by atoms with Crippen LogP contribution in [0.3, 0.4) is 0 Å². The first-order valence-electron chi connectivity index (χ1n) is 5.15. The van der Waals surface area contributed by atoms with Crippen molar-refractivity contribution in [2.75, 3.05) is 0 Å². The molecule has 0 saturated carbocycles. The first-order chi connectivity index (χ1) is 8.13. The molecule has 0 aliphatic carbocycles. The fraction of sp³-hybridized carbons (Fsp3) is 0.167. The lowest BCUT2D eigenvalue weighted by atomic mass is 10.1. The molecule has 1 aromatic carbocycles. The summed E-state index contributed by atoms with van der Waals surface area (Å²) < 4.78 is 2.36. The molecule has 2 aromatic rings. The second-order valence-electron chi connectivity index (χ2n) is 3.49. The summed E-state index contributed by atoms with van der Waals surface area (Å²) in [7, 11) is 0. The maximum Gasteiger partial charge on any atom is 0.212 e. The van der Waals surface area contributed by atoms with Crippen LogP contribution in [0, 0.1) is 0 Å². The molecule has 0 spiro atoms. The number of rotatable bonds is 3. The molecule has 0 radical (unpaired) electrons. The van der Waals surface area contributed by atoms with Crippen LogP contribution in [0.25, 0.3) is 0 Å². The van der Waals surface area contributed by atoms with Gasteiger partial charge < -0.3 is 0 Å². The first kappa shape index (κ1) is 12.3. The Hall–Kier alpha value is -1.13. The van der Waals surface area contributed by atoms with Crippen LogP contribution in [0.15, 0.2) is 34.9 Å². The van der Waals surface area contributed by atoms with E-state index in [-0.39, 0.29) is 5.78 Å². The number of carbonyl (C=O) groups is 1. The zero-order valence-electron chi connectivity index (χ0n) is 9.15. The van der Waals surface area contributed by atoms with Crippen LogP contribution >= 0.6 is 27.5 Å². The zero-order valence-corrected chi connectivity index (χ0v) is 11.5. The van der Waals surface area contributed by atoms with Gasteiger partial charge in [-0.3, -0.25) is 9.48 Å². The van der Waals surface area contributed by atoms with Crippen molar-refractivity contribution >= 4 is 33.3 Å². The smallest absolute Gasteiger partial charge is 0.212 e. The third-order valence-corrected chi connectivity index (χ3v) is 3.32. The number of halogens is 2. The third-order valence-electron chi connectivity index (χ3n) is 2.42. The highest BCUT2D eigenvalue weighted by Crippen LogP contribution is 2.23. The average molecular weight is 314 g/mol. The van der Waals surface area contributed by atoms with Gasteiger partial charge in [-0.15, -0.1) is 0 Å². The van der Waals surface area contributed by atoms with E-state index in [0.29, 0.717) is 27.3 Å². The Morgan fingerprint density at radius 3 is 2.88 bits per heavy atom. The summed E-state index contributed by atoms with van der Waals surface area (Å²) in [6, 6.07) is 6.84. The Bertz CT molecular complexity index is 565. The maximum absolute atomic E-state index is 12.3. The van der Waals surface area contributed by atoms with Gasteiger partial charge in [0.05, 0.1) is 0 Å². The van der Waals surface area contributed by atoms with Gasteiger partial charge in [-0.05, 0) is 47.1 Å². The lowest BCUT2D eigenvalue weighted by Crippen LogP contribution is -2.10. The van der Waals surface area contributed by atoms with Crippen LogP contribution in [0.5, 0.6) is 0 Å². The molecule has 0 bridgehead atoms. The van der Waals surface area contributed by atoms with Crippen LogP contribution in [0.1, 0.15) is 23.0 Å². The fourth-order valence-electron chi connectivity index (χ4n) is 1.59. The fourth-order valence-corrected chi connectivity index (χ4v) is 2.45. The van der Waals surface area contributed by atoms with Crippen LogP contribution in [0.4, 0.5) is 0 Å². The molecule has 0 atom stereocenters. The van der Waals surface area contributed by atoms with Crippen molar-refractivity contribution in [2.45, 2.75) is 13.5 Å². The summed E-state index contributed by atoms with van der Waals surface area (Å²) in [5.41, 5.74) is 1.17. The van der Waals surface area contributed by atoms with E-state index in [0.717, 1.165) is 0 Å². The van der Waals surface area contributed by atoms with Crippen molar-refractivity contribution in [1.82, 2.24) is 9.78 Å². The number of aryl methyl sites for hydroxylation is 1. The molecule has 3 nitrogen and oxygen atoms in total. The SMILES string of the molecule is CCn1nccc1C(=O)c1ccc(Cl)cc1Br. The van der Waals surface area contributed by atoms with Crippen LogP contribution in [-0.4, -0.2) is 15.6 Å². The topological polar surface area (TPSA) is 34.9 Å². The van der Waals surface area contributed by atoms with Crippen molar-refractivity contribution in [3.05, 3.63) is 51.2 Å². The van der Waals surface area contributed by atoms with Gasteiger partial charge in [-0.25, -0.2) is 0 Å². The van der Waals surface area contributed by atoms with E-state index < -0.39 is 0 Å². The van der Waals surface area contributed by atoms with Crippen molar-refractivity contribution < 1.29 is 4.79 Å². The second-order valence-corrected chi connectivity index (χ2v) is 4.78. The van der Waals surface area contributed by atoms with Gasteiger partial charge >= 0.3 is 0 Å². The molecular weight excluding hydrogens is 304 g/mol. The number of ketones is 1. The largest absolute Gasteiger partial charge is 0.287 e. The van der Waals surface area contributed by atoms with Crippen molar-refractivity contribution in [3.8, 4) is 0 Å². The Kier molecular flexibility index (Phi) is 3.64. The second kappa shape index (κ2) is 5.02. The van der Waals surface area contributed by atoms with Gasteiger partial charge in [-0.2, -0.15) is 5.10 Å². The summed E-state index contributed by atoms with van der Waals surface area (Å²) in [5, 5.41) is 4.68. The van der Waals surface area contributed by atoms with E-state index >= 15 is 0 Å². The molecule has 17 heavy (non-hydrogen) atoms. The van der Waals surface area contributed by atoms with E-state index in [1.54, 1.807) is 35.1 Å². The molecule has 0 N–H and O–H groups in total. The average Bonchev–Trinajstić information content (AvgIpc) is 2.76. The predicted molar refractivity (Wildman–Crippen MR) is 70.5 cm³/mol. The highest BCUT2D eigenvalue weighted by molar-refractivity contribution is 9.10. The maximum atomic E-state index is 12.3. The highest BCUT2D eigenvalue weighted by Gasteiger charge is 2.16. The quantitative estimate of drug-likeness (QED) is 0.812. The minimum atomic E-state index is -0.0621. The van der Waals surface area contributed by atoms with Gasteiger partial charge in [0.1, 0.15) is 5.69 Å². The Balaban J connectivity index is 2.44. The molecule has 0 unspecified atom stereocenters. The number of benzene rings is 1. The highest BCUT2D eigenvalue weighted by atomic mass is 79.9. The van der Waals surface area contributed by atoms with E-state index in [4.69, 9.17) is 11.6 Å². The minimum Gasteiger partial charge on any atom is -0.287 e. The molecule has 0 aliphatic rings. The number of nitrogens with zero attached hydrogens (tertiary/aromatic N) is 2. The Labute approximate surface area is 113 Å². The Morgan fingerprint density at radius 1 is 1.47 bits per heavy atom. The summed E-state index contributed by atoms with van der Waals surface area (Å²) >= 11 is 9.19. The van der Waals surface area contributed by atoms with E-state index in [1.165, 1.54) is 0 Å². The number of aromatic nitrogens is 2. The zero-order chi connectivity index (χ0) is 12.4. The van der Waals surface area contributed by atoms with Gasteiger partial charge in [0.25, 0.3) is 0 Å². The summed E-state index contributed by atoms with van der Waals surface area (Å²) in [5.74, 6) is -0.0621. The molecule has 1 aromatic heterocycles. The molecule has 5 heteroatoms. The number of hydrogen-bond acceptors (Lipinski definition) is 2. The summed E-state index contributed by atoms with van der Waals surface area (Å²) in [4.78, 5) is 12.3. The van der Waals surface area contributed by atoms with Gasteiger partial charge in [0.15, 0.2) is 0 Å². The summed E-state index contributed by atoms with van der Waals surface area (Å²) in [6.45, 7) is 2.61. The summed E-state index contributed by atoms with van der Waals surface area (Å²) in [6.07, 6.45) is 1.63. The van der Waals surface area contributed by atoms with Gasteiger partial charge in [0, 0.05) is 27.8 Å². The Morgan fingerprint density at radius 2 is 2.24 bits per heavy atom. The van der Waals surface area contributed by atoms with Crippen molar-refractivity contribution in [3.63, 3.8) is 0 Å². The van der Waals surface area contributed by atoms with E-state index in [1.807, 2.05) is 6.92 Å². The van der Waals surface area contributed by atoms with Gasteiger partial charge in [-0.1, -0.05) is 11.6 Å². The molecule has 0 amide bonds. The molecule has 1 heterocycles. The van der Waals surface area contributed by atoms with E-state index in [2.05, 4.69) is 21.0 Å². The first-order valence-corrected chi connectivity index (χ1v) is 6.32. The monoisotopic (exact) mass is 312 g/mol. The van der Waals surface area contributed by atoms with Crippen LogP contribution in [-0.2, 0) is 6.54 Å². The van der Waals surface area contributed by atoms with Crippen molar-refractivity contribution in [1.29, 1.82) is 0 Å². The standard InChI is InChI=1S/C12H10BrClN2O/c1-2-16-11(5-6-15-16)12(17)9-4-3-8(14)7-10(9)13/h3-7H,2H2,1H3.